The number of aryl methyl sites for hydroxylation is 1. The highest BCUT2D eigenvalue weighted by Crippen LogP contribution is 2.68. The van der Waals surface area contributed by atoms with Crippen LogP contribution in [-0.4, -0.2) is 63.8 Å². The van der Waals surface area contributed by atoms with E-state index in [1.165, 1.54) is 17.8 Å². The zero-order valence-electron chi connectivity index (χ0n) is 36.1. The highest BCUT2D eigenvalue weighted by molar-refractivity contribution is 9.94. The molecule has 0 bridgehead atoms. The Labute approximate surface area is 476 Å². The molecule has 3 aromatic carbocycles. The SMILES string of the molecule is BrBr.Cn1nc(Br)c(=O)n(Cc2ccccc2)c1=O.O=P(Br)(Br)Br.O=c1[nH]ccn(Cc2ccccc2)c1=O.O=c1[nH]nc(Br)c(=O)[nH]1.O=c1[nH]nc(Br)c(=O)[nH]1.O=c1c(Br)nccn1Cc1ccccc1. The molecule has 23 nitrogen and oxygen atoms in total. The van der Waals surface area contributed by atoms with E-state index in [4.69, 9.17) is 0 Å². The Hall–Kier alpha value is -4.40. The Balaban J connectivity index is 0.000000304. The number of aromatic nitrogens is 13. The monoisotopic (exact) mass is 1580 g/mol. The van der Waals surface area contributed by atoms with Gasteiger partial charge in [-0.15, -0.1) is 0 Å². The number of aromatic amines is 5. The molecule has 5 N–H and O–H groups in total. The second kappa shape index (κ2) is 33.4. The highest BCUT2D eigenvalue weighted by atomic mass is 80.9. The molecule has 0 aliphatic rings. The van der Waals surface area contributed by atoms with Gasteiger partial charge in [-0.05, 0) is 80.4 Å². The minimum Gasteiger partial charge on any atom is -0.323 e. The smallest absolute Gasteiger partial charge is 0.323 e. The molecule has 0 spiro atoms. The summed E-state index contributed by atoms with van der Waals surface area (Å²) in [6.07, 6.45) is 6.32. The van der Waals surface area contributed by atoms with E-state index >= 15 is 0 Å². The van der Waals surface area contributed by atoms with Crippen molar-refractivity contribution in [3.8, 4) is 0 Å². The van der Waals surface area contributed by atoms with E-state index < -0.39 is 48.1 Å². The van der Waals surface area contributed by atoms with Gasteiger partial charge in [-0.1, -0.05) is 91.0 Å². The van der Waals surface area contributed by atoms with Crippen LogP contribution in [0.1, 0.15) is 16.7 Å². The van der Waals surface area contributed by atoms with E-state index in [1.54, 1.807) is 23.2 Å². The third kappa shape index (κ3) is 24.5. The van der Waals surface area contributed by atoms with Crippen LogP contribution in [0, 0.1) is 0 Å². The molecule has 0 saturated heterocycles. The fourth-order valence-corrected chi connectivity index (χ4v) is 6.03. The van der Waals surface area contributed by atoms with Crippen LogP contribution in [0.5, 0.6) is 0 Å². The molecular weight excluding hydrogens is 1560 g/mol. The first kappa shape index (κ1) is 63.7. The molecule has 382 valence electrons. The summed E-state index contributed by atoms with van der Waals surface area (Å²) >= 11 is 25.6. The van der Waals surface area contributed by atoms with Crippen LogP contribution in [0.2, 0.25) is 0 Å². The highest BCUT2D eigenvalue weighted by Gasteiger charge is 2.09. The Morgan fingerprint density at radius 1 is 0.528 bits per heavy atom. The van der Waals surface area contributed by atoms with Gasteiger partial charge in [0.25, 0.3) is 25.5 Å². The molecule has 33 heteroatoms. The number of halogens is 9. The van der Waals surface area contributed by atoms with Gasteiger partial charge in [0, 0.05) is 107 Å². The number of rotatable bonds is 6. The van der Waals surface area contributed by atoms with Crippen LogP contribution in [0.15, 0.2) is 177 Å². The molecule has 5 aromatic heterocycles. The number of hydrogen-bond donors (Lipinski definition) is 5. The topological polar surface area (TPSA) is 321 Å². The normalized spacial score (nSPS) is 9.97. The summed E-state index contributed by atoms with van der Waals surface area (Å²) in [5, 5.41) is 14.5. The van der Waals surface area contributed by atoms with Crippen molar-refractivity contribution in [3.63, 3.8) is 0 Å². The Kier molecular flexibility index (Phi) is 29.6. The molecule has 8 aromatic rings. The Morgan fingerprint density at radius 2 is 0.931 bits per heavy atom. The number of nitrogens with one attached hydrogen (secondary N) is 5. The molecule has 0 unspecified atom stereocenters. The lowest BCUT2D eigenvalue weighted by molar-refractivity contribution is 0.565. The number of hydrogen-bond acceptors (Lipinski definition) is 14. The predicted octanol–water partition coefficient (Wildman–Crippen LogP) is 6.80. The van der Waals surface area contributed by atoms with Crippen molar-refractivity contribution in [3.05, 3.63) is 244 Å². The van der Waals surface area contributed by atoms with Gasteiger partial charge in [0.05, 0.1) is 19.6 Å². The lowest BCUT2D eigenvalue weighted by Gasteiger charge is -2.06. The quantitative estimate of drug-likeness (QED) is 0.0844. The number of benzene rings is 3. The summed E-state index contributed by atoms with van der Waals surface area (Å²) in [5.41, 5.74) is -1.37. The van der Waals surface area contributed by atoms with Crippen LogP contribution in [0.3, 0.4) is 0 Å². The minimum atomic E-state index is -2.20. The Morgan fingerprint density at radius 3 is 1.33 bits per heavy atom. The van der Waals surface area contributed by atoms with Crippen molar-refractivity contribution in [2.24, 2.45) is 7.05 Å². The number of nitrogens with zero attached hydrogens (tertiary/aromatic N) is 8. The van der Waals surface area contributed by atoms with Crippen LogP contribution < -0.4 is 50.4 Å². The molecule has 0 amide bonds. The standard InChI is InChI=1S/C11H10BrN3O2.C11H9BrN2O.C11H10N2O2.2C3H2BrN3O2.Br3OP.Br2/c1-14-11(17)15(10(16)9(12)13-14)7-8-5-3-2-4-6-8;12-10-11(15)14(7-6-13-10)8-9-4-2-1-3-5-9;14-10-11(15)13(7-6-12-10)8-9-4-2-1-3-5-9;2*4-1-2(8)5-3(9)7-6-1;1-5(2,3)4;1-2/h2-6H,7H2,1H3;1-7H,8H2;1-7H,8H2,(H,12,14);2*(H2,5,7,8,9);;. The van der Waals surface area contributed by atoms with E-state index in [0.29, 0.717) is 17.7 Å². The van der Waals surface area contributed by atoms with Crippen molar-refractivity contribution in [1.82, 2.24) is 63.8 Å². The van der Waals surface area contributed by atoms with Gasteiger partial charge in [0.2, 0.25) is 0 Å². The van der Waals surface area contributed by atoms with Gasteiger partial charge in [-0.25, -0.2) is 34.2 Å². The molecule has 0 atom stereocenters. The zero-order valence-corrected chi connectivity index (χ0v) is 51.3. The van der Waals surface area contributed by atoms with Crippen LogP contribution in [0.25, 0.3) is 0 Å². The largest absolute Gasteiger partial charge is 0.347 e. The molecule has 0 fully saturated rings. The fraction of sp³-hybridized carbons (Fsp3) is 0.103. The predicted molar refractivity (Wildman–Crippen MR) is 304 cm³/mol. The maximum atomic E-state index is 11.8. The first-order valence-corrected chi connectivity index (χ1v) is 33.7. The minimum absolute atomic E-state index is 0.0714. The summed E-state index contributed by atoms with van der Waals surface area (Å²) in [6, 6.07) is 28.7. The zero-order chi connectivity index (χ0) is 54.0. The summed E-state index contributed by atoms with van der Waals surface area (Å²) in [4.78, 5) is 109. The van der Waals surface area contributed by atoms with Gasteiger partial charge in [-0.2, -0.15) is 15.3 Å². The van der Waals surface area contributed by atoms with E-state index in [0.717, 1.165) is 25.9 Å². The molecule has 0 aliphatic carbocycles. The summed E-state index contributed by atoms with van der Waals surface area (Å²) < 4.78 is 13.7. The average Bonchev–Trinajstić information content (AvgIpc) is 3.35. The van der Waals surface area contributed by atoms with Crippen molar-refractivity contribution >= 4 is 142 Å². The van der Waals surface area contributed by atoms with Gasteiger partial charge < -0.3 is 14.1 Å². The maximum Gasteiger partial charge on any atom is 0.347 e. The second-order valence-corrected chi connectivity index (χ2v) is 34.3. The molecule has 0 saturated carbocycles. The van der Waals surface area contributed by atoms with E-state index in [2.05, 4.69) is 164 Å². The van der Waals surface area contributed by atoms with Crippen LogP contribution >= 0.6 is 142 Å². The third-order valence-electron chi connectivity index (χ3n) is 7.88. The van der Waals surface area contributed by atoms with Gasteiger partial charge in [-0.3, -0.25) is 47.9 Å². The van der Waals surface area contributed by atoms with Crippen molar-refractivity contribution in [2.45, 2.75) is 19.6 Å². The summed E-state index contributed by atoms with van der Waals surface area (Å²) in [6.45, 7) is 1.23. The summed E-state index contributed by atoms with van der Waals surface area (Å²) in [5.74, 6) is 0. The molecule has 0 radical (unpaired) electrons. The average molecular weight is 1590 g/mol. The summed E-state index contributed by atoms with van der Waals surface area (Å²) in [7, 11) is 1.51. The van der Waals surface area contributed by atoms with Gasteiger partial charge >= 0.3 is 28.2 Å². The first-order valence-electron chi connectivity index (χ1n) is 19.0. The molecule has 8 rings (SSSR count). The third-order valence-corrected chi connectivity index (χ3v) is 9.99. The first-order chi connectivity index (χ1) is 34.0. The molecular formula is C39H33Br9N13O10P. The van der Waals surface area contributed by atoms with E-state index in [9.17, 15) is 47.7 Å². The lowest BCUT2D eigenvalue weighted by Crippen LogP contribution is -2.41. The lowest BCUT2D eigenvalue weighted by atomic mass is 10.2. The Bertz CT molecular complexity index is 3460. The maximum absolute atomic E-state index is 11.8. The molecule has 72 heavy (non-hydrogen) atoms. The van der Waals surface area contributed by atoms with E-state index in [-0.39, 0.29) is 25.9 Å². The van der Waals surface area contributed by atoms with Crippen molar-refractivity contribution in [1.29, 1.82) is 0 Å². The van der Waals surface area contributed by atoms with Gasteiger partial charge in [0.15, 0.2) is 18.4 Å². The molecule has 0 aliphatic heterocycles. The van der Waals surface area contributed by atoms with Crippen LogP contribution in [-0.2, 0) is 31.2 Å². The van der Waals surface area contributed by atoms with Crippen molar-refractivity contribution < 1.29 is 4.57 Å². The van der Waals surface area contributed by atoms with Crippen molar-refractivity contribution in [2.75, 3.05) is 0 Å². The number of H-pyrrole nitrogens is 5. The molecule has 5 heterocycles. The fourth-order valence-electron chi connectivity index (χ4n) is 4.85. The van der Waals surface area contributed by atoms with E-state index in [1.807, 2.05) is 111 Å². The second-order valence-electron chi connectivity index (χ2n) is 12.9. The van der Waals surface area contributed by atoms with Crippen LogP contribution in [0.4, 0.5) is 0 Å². The van der Waals surface area contributed by atoms with Gasteiger partial charge in [0.1, 0.15) is 0 Å².